The molecule has 0 spiro atoms. The highest BCUT2D eigenvalue weighted by atomic mass is 79.9. The maximum Gasteiger partial charge on any atom is 0.253 e. The fourth-order valence-corrected chi connectivity index (χ4v) is 3.21. The normalized spacial score (nSPS) is 10.6. The lowest BCUT2D eigenvalue weighted by Gasteiger charge is -2.10. The number of nitrogens with one attached hydrogen (secondary N) is 1. The van der Waals surface area contributed by atoms with E-state index < -0.39 is 0 Å². The number of rotatable bonds is 6. The van der Waals surface area contributed by atoms with E-state index in [1.54, 1.807) is 7.11 Å². The van der Waals surface area contributed by atoms with Crippen LogP contribution in [0.15, 0.2) is 65.1 Å². The second-order valence-corrected chi connectivity index (χ2v) is 7.19. The van der Waals surface area contributed by atoms with Crippen molar-refractivity contribution in [3.05, 3.63) is 87.5 Å². The summed E-state index contributed by atoms with van der Waals surface area (Å²) < 4.78 is 6.10. The number of ether oxygens (including phenoxy) is 1. The maximum absolute atomic E-state index is 12.5. The molecule has 3 aromatic rings. The quantitative estimate of drug-likeness (QED) is 0.612. The van der Waals surface area contributed by atoms with Crippen LogP contribution in [0, 0.1) is 6.92 Å². The van der Waals surface area contributed by atoms with Crippen molar-refractivity contribution < 1.29 is 9.53 Å². The Labute approximate surface area is 167 Å². The van der Waals surface area contributed by atoms with Crippen molar-refractivity contribution in [3.8, 4) is 11.3 Å². The highest BCUT2D eigenvalue weighted by Gasteiger charge is 2.11. The Hall–Kier alpha value is -2.50. The van der Waals surface area contributed by atoms with Gasteiger partial charge >= 0.3 is 0 Å². The van der Waals surface area contributed by atoms with E-state index in [1.165, 1.54) is 0 Å². The van der Waals surface area contributed by atoms with E-state index >= 15 is 0 Å². The smallest absolute Gasteiger partial charge is 0.253 e. The summed E-state index contributed by atoms with van der Waals surface area (Å²) in [5, 5.41) is 2.96. The SMILES string of the molecule is COCc1ccc(CNC(=O)c2ccc(-c3cccc(Br)c3)nc2C)cc1. The third kappa shape index (κ3) is 5.02. The van der Waals surface area contributed by atoms with E-state index in [9.17, 15) is 4.79 Å². The van der Waals surface area contributed by atoms with Crippen molar-refractivity contribution in [3.63, 3.8) is 0 Å². The van der Waals surface area contributed by atoms with Crippen LogP contribution in [0.25, 0.3) is 11.3 Å². The predicted octanol–water partition coefficient (Wildman–Crippen LogP) is 4.90. The van der Waals surface area contributed by atoms with E-state index in [4.69, 9.17) is 4.74 Å². The van der Waals surface area contributed by atoms with Crippen LogP contribution >= 0.6 is 15.9 Å². The van der Waals surface area contributed by atoms with E-state index in [0.29, 0.717) is 24.4 Å². The van der Waals surface area contributed by atoms with Crippen molar-refractivity contribution in [1.82, 2.24) is 10.3 Å². The van der Waals surface area contributed by atoms with Gasteiger partial charge in [-0.3, -0.25) is 9.78 Å². The van der Waals surface area contributed by atoms with Gasteiger partial charge in [-0.05, 0) is 42.3 Å². The lowest BCUT2D eigenvalue weighted by Crippen LogP contribution is -2.24. The summed E-state index contributed by atoms with van der Waals surface area (Å²) in [4.78, 5) is 17.1. The first-order chi connectivity index (χ1) is 13.1. The average molecular weight is 425 g/mol. The predicted molar refractivity (Wildman–Crippen MR) is 110 cm³/mol. The average Bonchev–Trinajstić information content (AvgIpc) is 2.67. The summed E-state index contributed by atoms with van der Waals surface area (Å²) in [5.41, 5.74) is 5.30. The van der Waals surface area contributed by atoms with Crippen LogP contribution in [-0.4, -0.2) is 18.0 Å². The molecule has 27 heavy (non-hydrogen) atoms. The zero-order chi connectivity index (χ0) is 19.2. The molecule has 1 N–H and O–H groups in total. The van der Waals surface area contributed by atoms with Crippen LogP contribution in [0.1, 0.15) is 27.2 Å². The monoisotopic (exact) mass is 424 g/mol. The zero-order valence-corrected chi connectivity index (χ0v) is 16.9. The highest BCUT2D eigenvalue weighted by molar-refractivity contribution is 9.10. The molecule has 1 aromatic heterocycles. The number of aryl methyl sites for hydroxylation is 1. The third-order valence-electron chi connectivity index (χ3n) is 4.24. The van der Waals surface area contributed by atoms with E-state index in [1.807, 2.05) is 67.6 Å². The van der Waals surface area contributed by atoms with Crippen molar-refractivity contribution in [2.75, 3.05) is 7.11 Å². The van der Waals surface area contributed by atoms with Crippen LogP contribution in [0.4, 0.5) is 0 Å². The molecule has 0 radical (unpaired) electrons. The highest BCUT2D eigenvalue weighted by Crippen LogP contribution is 2.22. The minimum Gasteiger partial charge on any atom is -0.380 e. The Morgan fingerprint density at radius 2 is 1.81 bits per heavy atom. The van der Waals surface area contributed by atoms with E-state index in [2.05, 4.69) is 26.2 Å². The van der Waals surface area contributed by atoms with Gasteiger partial charge in [0.15, 0.2) is 0 Å². The largest absolute Gasteiger partial charge is 0.380 e. The number of benzene rings is 2. The fourth-order valence-electron chi connectivity index (χ4n) is 2.81. The molecular weight excluding hydrogens is 404 g/mol. The molecule has 2 aromatic carbocycles. The molecule has 0 bridgehead atoms. The number of nitrogens with zero attached hydrogens (tertiary/aromatic N) is 1. The van der Waals surface area contributed by atoms with Gasteiger partial charge in [0.2, 0.25) is 0 Å². The van der Waals surface area contributed by atoms with Gasteiger partial charge in [0.05, 0.1) is 23.6 Å². The number of hydrogen-bond donors (Lipinski definition) is 1. The maximum atomic E-state index is 12.5. The van der Waals surface area contributed by atoms with Crippen LogP contribution in [0.3, 0.4) is 0 Å². The van der Waals surface area contributed by atoms with Crippen molar-refractivity contribution in [2.45, 2.75) is 20.1 Å². The number of hydrogen-bond acceptors (Lipinski definition) is 3. The van der Waals surface area contributed by atoms with Gasteiger partial charge in [0, 0.05) is 23.7 Å². The fraction of sp³-hybridized carbons (Fsp3) is 0.182. The molecule has 0 saturated heterocycles. The van der Waals surface area contributed by atoms with E-state index in [-0.39, 0.29) is 5.91 Å². The summed E-state index contributed by atoms with van der Waals surface area (Å²) in [7, 11) is 1.67. The van der Waals surface area contributed by atoms with Crippen LogP contribution in [-0.2, 0) is 17.9 Å². The number of amides is 1. The summed E-state index contributed by atoms with van der Waals surface area (Å²) in [6.07, 6.45) is 0. The molecule has 0 unspecified atom stereocenters. The number of carbonyl (C=O) groups is 1. The first kappa shape index (κ1) is 19.3. The number of halogens is 1. The minimum atomic E-state index is -0.123. The number of pyridine rings is 1. The van der Waals surface area contributed by atoms with Crippen molar-refractivity contribution in [1.29, 1.82) is 0 Å². The minimum absolute atomic E-state index is 0.123. The van der Waals surface area contributed by atoms with Gasteiger partial charge in [0.1, 0.15) is 0 Å². The molecule has 138 valence electrons. The van der Waals surface area contributed by atoms with Crippen molar-refractivity contribution in [2.24, 2.45) is 0 Å². The molecule has 0 fully saturated rings. The lowest BCUT2D eigenvalue weighted by molar-refractivity contribution is 0.0950. The van der Waals surface area contributed by atoms with Gasteiger partial charge in [-0.1, -0.05) is 52.3 Å². The number of carbonyl (C=O) groups excluding carboxylic acids is 1. The summed E-state index contributed by atoms with van der Waals surface area (Å²) in [5.74, 6) is -0.123. The standard InChI is InChI=1S/C22H21BrN2O2/c1-15-20(10-11-21(25-15)18-4-3-5-19(23)12-18)22(26)24-13-16-6-8-17(9-7-16)14-27-2/h3-12H,13-14H2,1-2H3,(H,24,26). The van der Waals surface area contributed by atoms with Crippen LogP contribution in [0.2, 0.25) is 0 Å². The van der Waals surface area contributed by atoms with Gasteiger partial charge < -0.3 is 10.1 Å². The number of aromatic nitrogens is 1. The Morgan fingerprint density at radius 1 is 1.07 bits per heavy atom. The Balaban J connectivity index is 1.68. The number of methoxy groups -OCH3 is 1. The van der Waals surface area contributed by atoms with Crippen LogP contribution in [0.5, 0.6) is 0 Å². The molecule has 1 heterocycles. The second-order valence-electron chi connectivity index (χ2n) is 6.27. The Bertz CT molecular complexity index is 939. The van der Waals surface area contributed by atoms with Crippen molar-refractivity contribution >= 4 is 21.8 Å². The molecule has 0 saturated carbocycles. The van der Waals surface area contributed by atoms with Gasteiger partial charge in [-0.2, -0.15) is 0 Å². The molecule has 0 atom stereocenters. The zero-order valence-electron chi connectivity index (χ0n) is 15.3. The van der Waals surface area contributed by atoms with Gasteiger partial charge in [-0.15, -0.1) is 0 Å². The first-order valence-corrected chi connectivity index (χ1v) is 9.44. The van der Waals surface area contributed by atoms with E-state index in [0.717, 1.165) is 26.9 Å². The summed E-state index contributed by atoms with van der Waals surface area (Å²) >= 11 is 3.47. The van der Waals surface area contributed by atoms with Crippen LogP contribution < -0.4 is 5.32 Å². The summed E-state index contributed by atoms with van der Waals surface area (Å²) in [6.45, 7) is 2.91. The molecule has 0 aliphatic rings. The lowest BCUT2D eigenvalue weighted by atomic mass is 10.1. The molecule has 0 aliphatic heterocycles. The van der Waals surface area contributed by atoms with Gasteiger partial charge in [-0.25, -0.2) is 0 Å². The Morgan fingerprint density at radius 3 is 2.48 bits per heavy atom. The Kier molecular flexibility index (Phi) is 6.37. The topological polar surface area (TPSA) is 51.2 Å². The molecule has 5 heteroatoms. The molecule has 1 amide bonds. The second kappa shape index (κ2) is 8.93. The summed E-state index contributed by atoms with van der Waals surface area (Å²) in [6, 6.07) is 19.7. The first-order valence-electron chi connectivity index (χ1n) is 8.65. The third-order valence-corrected chi connectivity index (χ3v) is 4.73. The van der Waals surface area contributed by atoms with Gasteiger partial charge in [0.25, 0.3) is 5.91 Å². The molecular formula is C22H21BrN2O2. The molecule has 0 aliphatic carbocycles. The molecule has 3 rings (SSSR count). The molecule has 4 nitrogen and oxygen atoms in total.